The average molecular weight is 415 g/mol. The molecule has 1 aromatic heterocycles. The Balaban J connectivity index is 1.69. The lowest BCUT2D eigenvalue weighted by Gasteiger charge is -2.30. The van der Waals surface area contributed by atoms with Crippen molar-refractivity contribution in [3.05, 3.63) is 65.3 Å². The lowest BCUT2D eigenvalue weighted by molar-refractivity contribution is -0.122. The zero-order chi connectivity index (χ0) is 20.9. The molecule has 0 saturated heterocycles. The number of halogens is 1. The van der Waals surface area contributed by atoms with Crippen LogP contribution in [0.2, 0.25) is 5.02 Å². The predicted octanol–water partition coefficient (Wildman–Crippen LogP) is 2.38. The van der Waals surface area contributed by atoms with E-state index >= 15 is 0 Å². The standard InChI is InChI=1S/C21H23ClN4O3/c1-15(29)23-21(13-27,14-28)11-10-16-2-4-17(5-3-16)20-12-26(25-24-20)19-8-6-18(22)7-9-19/h2-9,12,27-28H,10-11,13-14H2,1H3,(H,23,29). The number of aliphatic hydroxyl groups excluding tert-OH is 2. The second kappa shape index (κ2) is 9.17. The Kier molecular flexibility index (Phi) is 6.64. The first-order valence-corrected chi connectivity index (χ1v) is 9.60. The number of hydrogen-bond donors (Lipinski definition) is 3. The van der Waals surface area contributed by atoms with E-state index in [0.717, 1.165) is 22.5 Å². The van der Waals surface area contributed by atoms with Crippen LogP contribution in [0.4, 0.5) is 0 Å². The molecule has 0 aliphatic rings. The van der Waals surface area contributed by atoms with Crippen molar-refractivity contribution in [1.82, 2.24) is 20.3 Å². The number of rotatable bonds is 8. The molecule has 0 bridgehead atoms. The van der Waals surface area contributed by atoms with Crippen molar-refractivity contribution in [2.75, 3.05) is 13.2 Å². The van der Waals surface area contributed by atoms with Gasteiger partial charge in [-0.3, -0.25) is 4.79 Å². The van der Waals surface area contributed by atoms with Crippen molar-refractivity contribution in [2.45, 2.75) is 25.3 Å². The van der Waals surface area contributed by atoms with Crippen LogP contribution in [0, 0.1) is 0 Å². The van der Waals surface area contributed by atoms with Gasteiger partial charge in [-0.05, 0) is 42.7 Å². The van der Waals surface area contributed by atoms with Crippen molar-refractivity contribution in [1.29, 1.82) is 0 Å². The number of carbonyl (C=O) groups is 1. The molecule has 0 spiro atoms. The molecule has 0 fully saturated rings. The molecule has 3 rings (SSSR count). The Hall–Kier alpha value is -2.74. The zero-order valence-corrected chi connectivity index (χ0v) is 16.8. The maximum atomic E-state index is 11.4. The second-order valence-corrected chi connectivity index (χ2v) is 7.44. The van der Waals surface area contributed by atoms with Crippen molar-refractivity contribution in [3.63, 3.8) is 0 Å². The quantitative estimate of drug-likeness (QED) is 0.525. The monoisotopic (exact) mass is 414 g/mol. The molecule has 0 radical (unpaired) electrons. The van der Waals surface area contributed by atoms with Crippen LogP contribution in [-0.4, -0.2) is 49.9 Å². The van der Waals surface area contributed by atoms with Crippen LogP contribution in [0.25, 0.3) is 16.9 Å². The second-order valence-electron chi connectivity index (χ2n) is 7.00. The summed E-state index contributed by atoms with van der Waals surface area (Å²) < 4.78 is 1.68. The maximum Gasteiger partial charge on any atom is 0.217 e. The van der Waals surface area contributed by atoms with Gasteiger partial charge in [0.15, 0.2) is 0 Å². The van der Waals surface area contributed by atoms with Gasteiger partial charge in [-0.25, -0.2) is 4.68 Å². The molecule has 7 nitrogen and oxygen atoms in total. The Morgan fingerprint density at radius 3 is 2.34 bits per heavy atom. The summed E-state index contributed by atoms with van der Waals surface area (Å²) in [6.45, 7) is 0.718. The first-order valence-electron chi connectivity index (χ1n) is 9.23. The number of aliphatic hydroxyl groups is 2. The summed E-state index contributed by atoms with van der Waals surface area (Å²) in [6.07, 6.45) is 2.86. The molecule has 3 N–H and O–H groups in total. The summed E-state index contributed by atoms with van der Waals surface area (Å²) in [4.78, 5) is 11.4. The number of benzene rings is 2. The molecule has 1 heterocycles. The fourth-order valence-corrected chi connectivity index (χ4v) is 3.19. The number of carbonyl (C=O) groups excluding carboxylic acids is 1. The largest absolute Gasteiger partial charge is 0.394 e. The Morgan fingerprint density at radius 2 is 1.76 bits per heavy atom. The smallest absolute Gasteiger partial charge is 0.217 e. The number of nitrogens with one attached hydrogen (secondary N) is 1. The Morgan fingerprint density at radius 1 is 1.10 bits per heavy atom. The fraction of sp³-hybridized carbons (Fsp3) is 0.286. The van der Waals surface area contributed by atoms with Crippen LogP contribution in [0.15, 0.2) is 54.7 Å². The summed E-state index contributed by atoms with van der Waals surface area (Å²) in [7, 11) is 0. The molecular weight excluding hydrogens is 392 g/mol. The van der Waals surface area contributed by atoms with Gasteiger partial charge in [-0.15, -0.1) is 5.10 Å². The third-order valence-corrected chi connectivity index (χ3v) is 5.02. The van der Waals surface area contributed by atoms with E-state index in [9.17, 15) is 15.0 Å². The molecule has 2 aromatic carbocycles. The minimum Gasteiger partial charge on any atom is -0.394 e. The molecule has 1 amide bonds. The molecule has 29 heavy (non-hydrogen) atoms. The van der Waals surface area contributed by atoms with Gasteiger partial charge in [0.1, 0.15) is 5.69 Å². The fourth-order valence-electron chi connectivity index (χ4n) is 3.06. The maximum absolute atomic E-state index is 11.4. The van der Waals surface area contributed by atoms with E-state index in [4.69, 9.17) is 11.6 Å². The van der Waals surface area contributed by atoms with Gasteiger partial charge in [-0.1, -0.05) is 41.1 Å². The van der Waals surface area contributed by atoms with E-state index < -0.39 is 5.54 Å². The third kappa shape index (κ3) is 5.20. The van der Waals surface area contributed by atoms with Crippen LogP contribution >= 0.6 is 11.6 Å². The lowest BCUT2D eigenvalue weighted by atomic mass is 9.92. The number of hydrogen-bond acceptors (Lipinski definition) is 5. The molecule has 152 valence electrons. The van der Waals surface area contributed by atoms with Crippen LogP contribution < -0.4 is 5.32 Å². The summed E-state index contributed by atoms with van der Waals surface area (Å²) in [5, 5.41) is 30.9. The average Bonchev–Trinajstić information content (AvgIpc) is 3.22. The van der Waals surface area contributed by atoms with E-state index in [1.54, 1.807) is 16.8 Å². The van der Waals surface area contributed by atoms with Gasteiger partial charge in [0.05, 0.1) is 30.6 Å². The van der Waals surface area contributed by atoms with Crippen LogP contribution in [0.3, 0.4) is 0 Å². The SMILES string of the molecule is CC(=O)NC(CO)(CO)CCc1ccc(-c2cn(-c3ccc(Cl)cc3)nn2)cc1. The van der Waals surface area contributed by atoms with Gasteiger partial charge < -0.3 is 15.5 Å². The van der Waals surface area contributed by atoms with Crippen LogP contribution in [-0.2, 0) is 11.2 Å². The van der Waals surface area contributed by atoms with Crippen molar-refractivity contribution >= 4 is 17.5 Å². The van der Waals surface area contributed by atoms with E-state index in [-0.39, 0.29) is 19.1 Å². The minimum atomic E-state index is -1.02. The highest BCUT2D eigenvalue weighted by molar-refractivity contribution is 6.30. The molecule has 0 unspecified atom stereocenters. The van der Waals surface area contributed by atoms with Gasteiger partial charge >= 0.3 is 0 Å². The van der Waals surface area contributed by atoms with Crippen LogP contribution in [0.5, 0.6) is 0 Å². The molecule has 0 saturated carbocycles. The summed E-state index contributed by atoms with van der Waals surface area (Å²) in [6, 6.07) is 15.2. The Bertz CT molecular complexity index is 951. The molecule has 0 aliphatic heterocycles. The molecule has 8 heteroatoms. The van der Waals surface area contributed by atoms with Gasteiger partial charge in [0, 0.05) is 17.5 Å². The number of aromatic nitrogens is 3. The normalized spacial score (nSPS) is 11.4. The predicted molar refractivity (Wildman–Crippen MR) is 111 cm³/mol. The minimum absolute atomic E-state index is 0.285. The van der Waals surface area contributed by atoms with E-state index in [0.29, 0.717) is 17.9 Å². The highest BCUT2D eigenvalue weighted by atomic mass is 35.5. The summed E-state index contributed by atoms with van der Waals surface area (Å²) in [5.74, 6) is -0.285. The van der Waals surface area contributed by atoms with Gasteiger partial charge in [0.25, 0.3) is 0 Å². The van der Waals surface area contributed by atoms with Crippen molar-refractivity contribution in [2.24, 2.45) is 0 Å². The first kappa shape index (κ1) is 21.0. The lowest BCUT2D eigenvalue weighted by Crippen LogP contribution is -2.53. The topological polar surface area (TPSA) is 100 Å². The van der Waals surface area contributed by atoms with E-state index in [1.807, 2.05) is 42.6 Å². The molecule has 0 aliphatic carbocycles. The highest BCUT2D eigenvalue weighted by Crippen LogP contribution is 2.21. The number of aryl methyl sites for hydroxylation is 1. The summed E-state index contributed by atoms with van der Waals surface area (Å²) >= 11 is 5.92. The molecule has 3 aromatic rings. The molecular formula is C21H23ClN4O3. The van der Waals surface area contributed by atoms with E-state index in [1.165, 1.54) is 6.92 Å². The van der Waals surface area contributed by atoms with Crippen LogP contribution in [0.1, 0.15) is 18.9 Å². The molecule has 0 atom stereocenters. The zero-order valence-electron chi connectivity index (χ0n) is 16.0. The van der Waals surface area contributed by atoms with Crippen molar-refractivity contribution in [3.8, 4) is 16.9 Å². The third-order valence-electron chi connectivity index (χ3n) is 4.77. The summed E-state index contributed by atoms with van der Waals surface area (Å²) in [5.41, 5.74) is 2.53. The van der Waals surface area contributed by atoms with E-state index in [2.05, 4.69) is 15.6 Å². The van der Waals surface area contributed by atoms with Crippen molar-refractivity contribution < 1.29 is 15.0 Å². The van der Waals surface area contributed by atoms with Gasteiger partial charge in [-0.2, -0.15) is 0 Å². The Labute approximate surface area is 173 Å². The highest BCUT2D eigenvalue weighted by Gasteiger charge is 2.29. The number of nitrogens with zero attached hydrogens (tertiary/aromatic N) is 3. The first-order chi connectivity index (χ1) is 13.9. The number of amides is 1. The van der Waals surface area contributed by atoms with Gasteiger partial charge in [0.2, 0.25) is 5.91 Å².